The molecule has 3 aromatic rings. The van der Waals surface area contributed by atoms with E-state index < -0.39 is 17.3 Å². The molecule has 30 heavy (non-hydrogen) atoms. The summed E-state index contributed by atoms with van der Waals surface area (Å²) in [5.41, 5.74) is -1.03. The number of nitrogens with one attached hydrogen (secondary N) is 1. The molecule has 0 radical (unpaired) electrons. The van der Waals surface area contributed by atoms with E-state index >= 15 is 0 Å². The Kier molecular flexibility index (Phi) is 5.72. The van der Waals surface area contributed by atoms with Gasteiger partial charge < -0.3 is 14.5 Å². The predicted octanol–water partition coefficient (Wildman–Crippen LogP) is 4.20. The maximum Gasteiger partial charge on any atom is 0.416 e. The summed E-state index contributed by atoms with van der Waals surface area (Å²) in [6, 6.07) is 6.63. The molecule has 2 aromatic heterocycles. The van der Waals surface area contributed by atoms with Gasteiger partial charge in [0.05, 0.1) is 23.1 Å². The van der Waals surface area contributed by atoms with Gasteiger partial charge >= 0.3 is 6.18 Å². The number of hydrogen-bond donors (Lipinski definition) is 1. The summed E-state index contributed by atoms with van der Waals surface area (Å²) in [6.07, 6.45) is -0.506. The number of H-pyrrole nitrogens is 1. The Hall–Kier alpha value is -2.94. The smallest absolute Gasteiger partial charge is 0.416 e. The molecular weight excluding hydrogens is 399 g/mol. The molecule has 1 aromatic carbocycles. The average molecular weight is 419 g/mol. The number of ether oxygens (including phenoxy) is 2. The lowest BCUT2D eigenvalue weighted by Gasteiger charge is -2.21. The maximum absolute atomic E-state index is 12.9. The number of aromatic amines is 1. The quantitative estimate of drug-likeness (QED) is 0.671. The molecule has 0 bridgehead atoms. The molecule has 0 aliphatic carbocycles. The number of aromatic nitrogens is 3. The Bertz CT molecular complexity index is 1090. The van der Waals surface area contributed by atoms with E-state index in [9.17, 15) is 18.0 Å². The van der Waals surface area contributed by atoms with E-state index in [1.54, 1.807) is 18.2 Å². The fraction of sp³-hybridized carbons (Fsp3) is 0.381. The van der Waals surface area contributed by atoms with E-state index in [4.69, 9.17) is 9.47 Å². The zero-order valence-corrected chi connectivity index (χ0v) is 16.0. The van der Waals surface area contributed by atoms with Crippen molar-refractivity contribution in [3.63, 3.8) is 0 Å². The fourth-order valence-electron chi connectivity index (χ4n) is 3.44. The normalized spacial score (nSPS) is 15.4. The van der Waals surface area contributed by atoms with Crippen LogP contribution in [-0.2, 0) is 10.9 Å². The number of nitrogens with zero attached hydrogens (tertiary/aromatic N) is 2. The summed E-state index contributed by atoms with van der Waals surface area (Å²) >= 11 is 0. The SMILES string of the molecule is O=c1[nH]c(-c2cc(C(F)(F)F)ccn2)nc2ccc(OCCC3CCOCC3)cc12. The lowest BCUT2D eigenvalue weighted by atomic mass is 9.97. The van der Waals surface area contributed by atoms with Gasteiger partial charge in [-0.25, -0.2) is 4.98 Å². The van der Waals surface area contributed by atoms with Crippen LogP contribution in [0.15, 0.2) is 41.3 Å². The van der Waals surface area contributed by atoms with E-state index in [2.05, 4.69) is 15.0 Å². The molecule has 0 saturated carbocycles. The van der Waals surface area contributed by atoms with Gasteiger partial charge in [-0.2, -0.15) is 13.2 Å². The molecule has 9 heteroatoms. The molecule has 1 N–H and O–H groups in total. The van der Waals surface area contributed by atoms with E-state index in [0.29, 0.717) is 29.2 Å². The summed E-state index contributed by atoms with van der Waals surface area (Å²) < 4.78 is 49.9. The standard InChI is InChI=1S/C21H20F3N3O3/c22-21(23,24)14-3-7-25-18(11-14)19-26-17-2-1-15(12-16(17)20(28)27-19)30-10-6-13-4-8-29-9-5-13/h1-3,7,11-13H,4-6,8-10H2,(H,26,27,28). The van der Waals surface area contributed by atoms with E-state index in [1.807, 2.05) is 0 Å². The Morgan fingerprint density at radius 3 is 2.73 bits per heavy atom. The first-order valence-corrected chi connectivity index (χ1v) is 9.68. The fourth-order valence-corrected chi connectivity index (χ4v) is 3.44. The minimum absolute atomic E-state index is 0.0215. The van der Waals surface area contributed by atoms with Crippen LogP contribution in [0, 0.1) is 5.92 Å². The Labute approximate surface area is 170 Å². The minimum Gasteiger partial charge on any atom is -0.494 e. The number of benzene rings is 1. The lowest BCUT2D eigenvalue weighted by Crippen LogP contribution is -2.17. The van der Waals surface area contributed by atoms with E-state index in [0.717, 1.165) is 50.8 Å². The maximum atomic E-state index is 12.9. The van der Waals surface area contributed by atoms with Crippen LogP contribution in [0.25, 0.3) is 22.4 Å². The van der Waals surface area contributed by atoms with Crippen LogP contribution in [0.3, 0.4) is 0 Å². The first-order valence-electron chi connectivity index (χ1n) is 9.68. The molecule has 6 nitrogen and oxygen atoms in total. The van der Waals surface area contributed by atoms with Gasteiger partial charge in [-0.15, -0.1) is 0 Å². The van der Waals surface area contributed by atoms with Crippen LogP contribution in [0.1, 0.15) is 24.8 Å². The first kappa shape index (κ1) is 20.3. The minimum atomic E-state index is -4.51. The van der Waals surface area contributed by atoms with Gasteiger partial charge in [-0.3, -0.25) is 9.78 Å². The molecule has 0 amide bonds. The van der Waals surface area contributed by atoms with Crippen molar-refractivity contribution in [1.82, 2.24) is 15.0 Å². The van der Waals surface area contributed by atoms with Gasteiger partial charge in [0.25, 0.3) is 5.56 Å². The number of fused-ring (bicyclic) bond motifs is 1. The molecule has 3 heterocycles. The molecule has 0 atom stereocenters. The third kappa shape index (κ3) is 4.62. The summed E-state index contributed by atoms with van der Waals surface area (Å²) in [6.45, 7) is 2.10. The van der Waals surface area contributed by atoms with E-state index in [-0.39, 0.29) is 11.5 Å². The van der Waals surface area contributed by atoms with Crippen molar-refractivity contribution in [3.05, 3.63) is 52.4 Å². The van der Waals surface area contributed by atoms with Crippen molar-refractivity contribution in [2.24, 2.45) is 5.92 Å². The van der Waals surface area contributed by atoms with Crippen LogP contribution < -0.4 is 10.3 Å². The van der Waals surface area contributed by atoms with Crippen molar-refractivity contribution in [3.8, 4) is 17.3 Å². The Morgan fingerprint density at radius 1 is 1.17 bits per heavy atom. The average Bonchev–Trinajstić information content (AvgIpc) is 2.74. The molecule has 158 valence electrons. The number of rotatable bonds is 5. The Balaban J connectivity index is 1.53. The lowest BCUT2D eigenvalue weighted by molar-refractivity contribution is -0.137. The second-order valence-corrected chi connectivity index (χ2v) is 7.21. The van der Waals surface area contributed by atoms with Gasteiger partial charge in [-0.1, -0.05) is 0 Å². The predicted molar refractivity (Wildman–Crippen MR) is 104 cm³/mol. The van der Waals surface area contributed by atoms with Crippen LogP contribution >= 0.6 is 0 Å². The molecule has 0 spiro atoms. The van der Waals surface area contributed by atoms with Crippen molar-refractivity contribution in [2.75, 3.05) is 19.8 Å². The van der Waals surface area contributed by atoms with Crippen LogP contribution in [0.4, 0.5) is 13.2 Å². The Morgan fingerprint density at radius 2 is 1.97 bits per heavy atom. The highest BCUT2D eigenvalue weighted by Gasteiger charge is 2.31. The molecule has 1 aliphatic heterocycles. The topological polar surface area (TPSA) is 77.1 Å². The summed E-state index contributed by atoms with van der Waals surface area (Å²) in [4.78, 5) is 23.2. The van der Waals surface area contributed by atoms with Crippen LogP contribution in [0.2, 0.25) is 0 Å². The second kappa shape index (κ2) is 8.43. The number of pyridine rings is 1. The molecule has 4 rings (SSSR count). The highest BCUT2D eigenvalue weighted by atomic mass is 19.4. The summed E-state index contributed by atoms with van der Waals surface area (Å²) in [7, 11) is 0. The molecule has 0 unspecified atom stereocenters. The third-order valence-corrected chi connectivity index (χ3v) is 5.14. The van der Waals surface area contributed by atoms with E-state index in [1.165, 1.54) is 0 Å². The van der Waals surface area contributed by atoms with Crippen molar-refractivity contribution in [1.29, 1.82) is 0 Å². The summed E-state index contributed by atoms with van der Waals surface area (Å²) in [5.74, 6) is 1.10. The second-order valence-electron chi connectivity index (χ2n) is 7.21. The van der Waals surface area contributed by atoms with Gasteiger partial charge in [0.15, 0.2) is 5.82 Å². The summed E-state index contributed by atoms with van der Waals surface area (Å²) in [5, 5.41) is 0.300. The highest BCUT2D eigenvalue weighted by Crippen LogP contribution is 2.30. The zero-order valence-electron chi connectivity index (χ0n) is 16.0. The molecule has 1 aliphatic rings. The van der Waals surface area contributed by atoms with Crippen molar-refractivity contribution in [2.45, 2.75) is 25.4 Å². The monoisotopic (exact) mass is 419 g/mol. The number of halogens is 3. The highest BCUT2D eigenvalue weighted by molar-refractivity contribution is 5.80. The van der Waals surface area contributed by atoms with Crippen molar-refractivity contribution >= 4 is 10.9 Å². The molecule has 1 saturated heterocycles. The third-order valence-electron chi connectivity index (χ3n) is 5.14. The number of hydrogen-bond acceptors (Lipinski definition) is 5. The van der Waals surface area contributed by atoms with Gasteiger partial charge in [0.1, 0.15) is 11.4 Å². The van der Waals surface area contributed by atoms with Crippen molar-refractivity contribution < 1.29 is 22.6 Å². The largest absolute Gasteiger partial charge is 0.494 e. The van der Waals surface area contributed by atoms with Crippen LogP contribution in [-0.4, -0.2) is 34.8 Å². The van der Waals surface area contributed by atoms with Gasteiger partial charge in [0, 0.05) is 19.4 Å². The van der Waals surface area contributed by atoms with Gasteiger partial charge in [-0.05, 0) is 55.5 Å². The molecular formula is C21H20F3N3O3. The van der Waals surface area contributed by atoms with Gasteiger partial charge in [0.2, 0.25) is 0 Å². The first-order chi connectivity index (χ1) is 14.4. The zero-order chi connectivity index (χ0) is 21.1. The number of alkyl halides is 3. The van der Waals surface area contributed by atoms with Crippen LogP contribution in [0.5, 0.6) is 5.75 Å². The molecule has 1 fully saturated rings.